The molecule has 2 aromatic heterocycles. The highest BCUT2D eigenvalue weighted by Crippen LogP contribution is 2.23. The number of amides is 1. The quantitative estimate of drug-likeness (QED) is 0.933. The summed E-state index contributed by atoms with van der Waals surface area (Å²) >= 11 is 4.88. The van der Waals surface area contributed by atoms with Crippen molar-refractivity contribution < 1.29 is 9.21 Å². The van der Waals surface area contributed by atoms with E-state index in [9.17, 15) is 4.79 Å². The highest BCUT2D eigenvalue weighted by molar-refractivity contribution is 9.10. The molecule has 0 saturated heterocycles. The lowest BCUT2D eigenvalue weighted by Crippen LogP contribution is -2.25. The zero-order chi connectivity index (χ0) is 12.4. The maximum atomic E-state index is 11.9. The number of carbonyl (C=O) groups is 1. The molecule has 90 valence electrons. The summed E-state index contributed by atoms with van der Waals surface area (Å²) in [5, 5.41) is 2.93. The third-order valence-electron chi connectivity index (χ3n) is 2.40. The Labute approximate surface area is 112 Å². The Hall–Kier alpha value is -1.07. The molecule has 1 N–H and O–H groups in total. The van der Waals surface area contributed by atoms with Gasteiger partial charge in [0.2, 0.25) is 0 Å². The fraction of sp³-hybridized carbons (Fsp3) is 0.250. The number of rotatable bonds is 3. The van der Waals surface area contributed by atoms with Gasteiger partial charge in [0.15, 0.2) is 4.67 Å². The largest absolute Gasteiger partial charge is 0.457 e. The van der Waals surface area contributed by atoms with E-state index in [-0.39, 0.29) is 11.9 Å². The molecular weight excluding hydrogens is 302 g/mol. The summed E-state index contributed by atoms with van der Waals surface area (Å²) < 4.78 is 5.50. The van der Waals surface area contributed by atoms with Gasteiger partial charge < -0.3 is 9.73 Å². The molecule has 0 fully saturated rings. The summed E-state index contributed by atoms with van der Waals surface area (Å²) in [5.41, 5.74) is 0.519. The number of thiophene rings is 1. The minimum absolute atomic E-state index is 0.00278. The van der Waals surface area contributed by atoms with Crippen LogP contribution < -0.4 is 5.32 Å². The maximum absolute atomic E-state index is 11.9. The smallest absolute Gasteiger partial charge is 0.256 e. The van der Waals surface area contributed by atoms with Gasteiger partial charge in [-0.25, -0.2) is 0 Å². The molecule has 2 rings (SSSR count). The van der Waals surface area contributed by atoms with Crippen molar-refractivity contribution in [2.24, 2.45) is 0 Å². The molecule has 2 heterocycles. The molecular formula is C12H12BrNO2S. The van der Waals surface area contributed by atoms with Crippen LogP contribution in [0.2, 0.25) is 0 Å². The van der Waals surface area contributed by atoms with Crippen molar-refractivity contribution in [2.75, 3.05) is 0 Å². The van der Waals surface area contributed by atoms with Crippen molar-refractivity contribution >= 4 is 33.2 Å². The monoisotopic (exact) mass is 313 g/mol. The molecule has 1 atom stereocenters. The van der Waals surface area contributed by atoms with E-state index < -0.39 is 0 Å². The van der Waals surface area contributed by atoms with Crippen molar-refractivity contribution in [3.05, 3.63) is 44.4 Å². The number of carbonyl (C=O) groups excluding carboxylic acids is 1. The molecule has 0 aliphatic rings. The van der Waals surface area contributed by atoms with E-state index in [1.54, 1.807) is 17.4 Å². The lowest BCUT2D eigenvalue weighted by molar-refractivity contribution is 0.0939. The lowest BCUT2D eigenvalue weighted by atomic mass is 10.2. The minimum atomic E-state index is -0.135. The van der Waals surface area contributed by atoms with Gasteiger partial charge in [0.25, 0.3) is 5.91 Å². The van der Waals surface area contributed by atoms with Crippen LogP contribution >= 0.6 is 27.3 Å². The highest BCUT2D eigenvalue weighted by atomic mass is 79.9. The molecule has 0 saturated carbocycles. The summed E-state index contributed by atoms with van der Waals surface area (Å²) in [4.78, 5) is 14.3. The van der Waals surface area contributed by atoms with Crippen LogP contribution in [0, 0.1) is 6.92 Å². The normalized spacial score (nSPS) is 12.4. The van der Waals surface area contributed by atoms with Crippen LogP contribution in [0.1, 0.15) is 33.1 Å². The van der Waals surface area contributed by atoms with Crippen molar-refractivity contribution in [3.63, 3.8) is 0 Å². The molecule has 0 bridgehead atoms. The number of hydrogen-bond acceptors (Lipinski definition) is 3. The number of hydrogen-bond donors (Lipinski definition) is 1. The second-order valence-electron chi connectivity index (χ2n) is 3.75. The zero-order valence-corrected chi connectivity index (χ0v) is 11.9. The standard InChI is InChI=1S/C12H12BrNO2S/c1-7-3-4-10(17-7)8(2)14-12(15)9-5-6-16-11(9)13/h3-6,8H,1-2H3,(H,14,15). The molecule has 0 radical (unpaired) electrons. The van der Waals surface area contributed by atoms with Crippen molar-refractivity contribution in [1.82, 2.24) is 5.32 Å². The maximum Gasteiger partial charge on any atom is 0.256 e. The van der Waals surface area contributed by atoms with Crippen LogP contribution in [0.5, 0.6) is 0 Å². The Bertz CT molecular complexity index is 532. The molecule has 0 aliphatic heterocycles. The summed E-state index contributed by atoms with van der Waals surface area (Å²) in [7, 11) is 0. The second-order valence-corrected chi connectivity index (χ2v) is 5.79. The molecule has 0 aliphatic carbocycles. The lowest BCUT2D eigenvalue weighted by Gasteiger charge is -2.11. The van der Waals surface area contributed by atoms with Crippen LogP contribution in [0.25, 0.3) is 0 Å². The van der Waals surface area contributed by atoms with Gasteiger partial charge in [-0.3, -0.25) is 4.79 Å². The van der Waals surface area contributed by atoms with Crippen LogP contribution in [0.4, 0.5) is 0 Å². The van der Waals surface area contributed by atoms with E-state index in [0.717, 1.165) is 4.88 Å². The van der Waals surface area contributed by atoms with Gasteiger partial charge >= 0.3 is 0 Å². The number of nitrogens with one attached hydrogen (secondary N) is 1. The van der Waals surface area contributed by atoms with E-state index in [1.165, 1.54) is 11.1 Å². The van der Waals surface area contributed by atoms with Gasteiger partial charge in [-0.15, -0.1) is 11.3 Å². The molecule has 1 amide bonds. The summed E-state index contributed by atoms with van der Waals surface area (Å²) in [6.45, 7) is 4.02. The van der Waals surface area contributed by atoms with E-state index in [0.29, 0.717) is 10.2 Å². The number of aryl methyl sites for hydroxylation is 1. The first-order valence-electron chi connectivity index (χ1n) is 5.18. The zero-order valence-electron chi connectivity index (χ0n) is 9.49. The SMILES string of the molecule is Cc1ccc(C(C)NC(=O)c2ccoc2Br)s1. The molecule has 17 heavy (non-hydrogen) atoms. The summed E-state index contributed by atoms with van der Waals surface area (Å²) in [5.74, 6) is -0.135. The number of furan rings is 1. The first-order valence-corrected chi connectivity index (χ1v) is 6.79. The molecule has 5 heteroatoms. The molecule has 1 unspecified atom stereocenters. The molecule has 0 spiro atoms. The van der Waals surface area contributed by atoms with Gasteiger partial charge in [-0.05, 0) is 48.0 Å². The summed E-state index contributed by atoms with van der Waals surface area (Å²) in [6.07, 6.45) is 1.49. The van der Waals surface area contributed by atoms with Gasteiger partial charge in [0.1, 0.15) is 0 Å². The summed E-state index contributed by atoms with van der Waals surface area (Å²) in [6, 6.07) is 5.74. The Kier molecular flexibility index (Phi) is 3.69. The topological polar surface area (TPSA) is 42.2 Å². The van der Waals surface area contributed by atoms with Gasteiger partial charge in [-0.1, -0.05) is 0 Å². The van der Waals surface area contributed by atoms with Crippen molar-refractivity contribution in [2.45, 2.75) is 19.9 Å². The average Bonchev–Trinajstić information content (AvgIpc) is 2.86. The van der Waals surface area contributed by atoms with Crippen LogP contribution in [-0.4, -0.2) is 5.91 Å². The Morgan fingerprint density at radius 1 is 1.47 bits per heavy atom. The minimum Gasteiger partial charge on any atom is -0.457 e. The van der Waals surface area contributed by atoms with Crippen LogP contribution in [-0.2, 0) is 0 Å². The molecule has 3 nitrogen and oxygen atoms in total. The third-order valence-corrected chi connectivity index (χ3v) is 4.20. The number of halogens is 1. The molecule has 2 aromatic rings. The first kappa shape index (κ1) is 12.4. The Morgan fingerprint density at radius 3 is 2.76 bits per heavy atom. The Balaban J connectivity index is 2.07. The highest BCUT2D eigenvalue weighted by Gasteiger charge is 2.16. The van der Waals surface area contributed by atoms with Crippen LogP contribution in [0.15, 0.2) is 33.5 Å². The predicted octanol–water partition coefficient (Wildman–Crippen LogP) is 3.90. The fourth-order valence-electron chi connectivity index (χ4n) is 1.49. The molecule has 0 aromatic carbocycles. The third kappa shape index (κ3) is 2.79. The van der Waals surface area contributed by atoms with Crippen LogP contribution in [0.3, 0.4) is 0 Å². The Morgan fingerprint density at radius 2 is 2.24 bits per heavy atom. The fourth-order valence-corrected chi connectivity index (χ4v) is 2.79. The van der Waals surface area contributed by atoms with E-state index in [1.807, 2.05) is 13.0 Å². The van der Waals surface area contributed by atoms with Crippen molar-refractivity contribution in [1.29, 1.82) is 0 Å². The van der Waals surface area contributed by atoms with Crippen molar-refractivity contribution in [3.8, 4) is 0 Å². The van der Waals surface area contributed by atoms with E-state index >= 15 is 0 Å². The van der Waals surface area contributed by atoms with E-state index in [2.05, 4.69) is 34.2 Å². The van der Waals surface area contributed by atoms with Gasteiger partial charge in [0, 0.05) is 9.75 Å². The predicted molar refractivity (Wildman–Crippen MR) is 71.3 cm³/mol. The second kappa shape index (κ2) is 5.06. The average molecular weight is 314 g/mol. The van der Waals surface area contributed by atoms with E-state index in [4.69, 9.17) is 4.42 Å². The van der Waals surface area contributed by atoms with Gasteiger partial charge in [-0.2, -0.15) is 0 Å². The van der Waals surface area contributed by atoms with Gasteiger partial charge in [0.05, 0.1) is 17.9 Å². The first-order chi connectivity index (χ1) is 8.08.